The first-order valence-electron chi connectivity index (χ1n) is 9.43. The van der Waals surface area contributed by atoms with Crippen molar-refractivity contribution in [2.75, 3.05) is 28.4 Å². The second kappa shape index (κ2) is 7.67. The van der Waals surface area contributed by atoms with Gasteiger partial charge in [0, 0.05) is 22.9 Å². The van der Waals surface area contributed by atoms with Crippen LogP contribution in [0.3, 0.4) is 0 Å². The van der Waals surface area contributed by atoms with Crippen molar-refractivity contribution in [2.45, 2.75) is 18.5 Å². The molecule has 1 aliphatic heterocycles. The van der Waals surface area contributed by atoms with E-state index in [1.807, 2.05) is 35.6 Å². The normalized spacial score (nSPS) is 18.2. The molecule has 2 heterocycles. The van der Waals surface area contributed by atoms with E-state index >= 15 is 0 Å². The first-order chi connectivity index (χ1) is 14.1. The number of nitrogens with one attached hydrogen (secondary N) is 1. The summed E-state index contributed by atoms with van der Waals surface area (Å²) in [6.07, 6.45) is 0.604. The Morgan fingerprint density at radius 3 is 2.34 bits per heavy atom. The smallest absolute Gasteiger partial charge is 0.364 e. The molecule has 7 nitrogen and oxygen atoms in total. The van der Waals surface area contributed by atoms with Crippen LogP contribution in [0.4, 0.5) is 0 Å². The second-order valence-corrected chi connectivity index (χ2v) is 7.03. The number of nitrogens with two attached hydrogens (primary N) is 1. The van der Waals surface area contributed by atoms with Gasteiger partial charge in [-0.25, -0.2) is 4.79 Å². The molecule has 0 bridgehead atoms. The van der Waals surface area contributed by atoms with Crippen molar-refractivity contribution in [3.05, 3.63) is 53.2 Å². The van der Waals surface area contributed by atoms with Gasteiger partial charge >= 0.3 is 5.97 Å². The van der Waals surface area contributed by atoms with Gasteiger partial charge in [-0.2, -0.15) is 0 Å². The molecule has 152 valence electrons. The molecule has 1 aliphatic rings. The Morgan fingerprint density at radius 1 is 1.03 bits per heavy atom. The highest BCUT2D eigenvalue weighted by atomic mass is 16.5. The van der Waals surface area contributed by atoms with Gasteiger partial charge in [-0.15, -0.1) is 0 Å². The number of carbonyl (C=O) groups excluding carboxylic acids is 1. The predicted octanol–water partition coefficient (Wildman–Crippen LogP) is 1.94. The van der Waals surface area contributed by atoms with Crippen molar-refractivity contribution in [1.29, 1.82) is 0 Å². The van der Waals surface area contributed by atoms with Gasteiger partial charge < -0.3 is 29.2 Å². The molecule has 3 N–H and O–H groups in total. The predicted molar refractivity (Wildman–Crippen MR) is 108 cm³/mol. The molecule has 3 aromatic rings. The molecular formula is C22H25N2O5+. The van der Waals surface area contributed by atoms with E-state index in [-0.39, 0.29) is 18.1 Å². The van der Waals surface area contributed by atoms with E-state index in [1.54, 1.807) is 21.3 Å². The summed E-state index contributed by atoms with van der Waals surface area (Å²) in [4.78, 5) is 16.0. The number of benzene rings is 2. The molecule has 29 heavy (non-hydrogen) atoms. The summed E-state index contributed by atoms with van der Waals surface area (Å²) in [5.41, 5.74) is 4.20. The SMILES string of the molecule is COC(=O)[C@H]1Cc2c([nH]c3ccccc23)[C@H](c2cc(OC)c(OC)c(OC)c2)[NH2+]1. The largest absolute Gasteiger partial charge is 0.493 e. The van der Waals surface area contributed by atoms with Gasteiger partial charge in [0.25, 0.3) is 0 Å². The van der Waals surface area contributed by atoms with Gasteiger partial charge in [0.2, 0.25) is 5.75 Å². The van der Waals surface area contributed by atoms with Gasteiger partial charge in [0.1, 0.15) is 0 Å². The molecule has 0 saturated heterocycles. The van der Waals surface area contributed by atoms with Crippen molar-refractivity contribution in [2.24, 2.45) is 0 Å². The number of rotatable bonds is 5. The number of carbonyl (C=O) groups is 1. The Labute approximate surface area is 168 Å². The molecule has 1 aromatic heterocycles. The van der Waals surface area contributed by atoms with Crippen molar-refractivity contribution in [3.63, 3.8) is 0 Å². The summed E-state index contributed by atoms with van der Waals surface area (Å²) in [7, 11) is 6.19. The highest BCUT2D eigenvalue weighted by Crippen LogP contribution is 2.41. The number of methoxy groups -OCH3 is 4. The van der Waals surface area contributed by atoms with E-state index in [2.05, 4.69) is 11.1 Å². The quantitative estimate of drug-likeness (QED) is 0.643. The number of hydrogen-bond acceptors (Lipinski definition) is 5. The number of hydrogen-bond donors (Lipinski definition) is 2. The van der Waals surface area contributed by atoms with Crippen LogP contribution in [0.25, 0.3) is 10.9 Å². The highest BCUT2D eigenvalue weighted by Gasteiger charge is 2.39. The van der Waals surface area contributed by atoms with Gasteiger partial charge in [-0.1, -0.05) is 18.2 Å². The average molecular weight is 397 g/mol. The van der Waals surface area contributed by atoms with Gasteiger partial charge in [-0.05, 0) is 23.8 Å². The average Bonchev–Trinajstić information content (AvgIpc) is 3.15. The molecule has 0 aliphatic carbocycles. The van der Waals surface area contributed by atoms with Crippen molar-refractivity contribution in [1.82, 2.24) is 4.98 Å². The van der Waals surface area contributed by atoms with Crippen LogP contribution in [0.5, 0.6) is 17.2 Å². The van der Waals surface area contributed by atoms with Crippen molar-refractivity contribution >= 4 is 16.9 Å². The van der Waals surface area contributed by atoms with Crippen molar-refractivity contribution < 1.29 is 29.1 Å². The molecule has 7 heteroatoms. The fourth-order valence-corrected chi connectivity index (χ4v) is 4.19. The van der Waals surface area contributed by atoms with Crippen molar-refractivity contribution in [3.8, 4) is 17.2 Å². The molecule has 2 aromatic carbocycles. The van der Waals surface area contributed by atoms with E-state index < -0.39 is 0 Å². The van der Waals surface area contributed by atoms with Crippen LogP contribution >= 0.6 is 0 Å². The third kappa shape index (κ3) is 3.17. The monoisotopic (exact) mass is 397 g/mol. The van der Waals surface area contributed by atoms with E-state index in [4.69, 9.17) is 18.9 Å². The maximum absolute atomic E-state index is 12.4. The number of esters is 1. The second-order valence-electron chi connectivity index (χ2n) is 7.03. The zero-order valence-corrected chi connectivity index (χ0v) is 16.9. The third-order valence-corrected chi connectivity index (χ3v) is 5.56. The Morgan fingerprint density at radius 2 is 1.72 bits per heavy atom. The van der Waals surface area contributed by atoms with E-state index in [0.717, 1.165) is 27.7 Å². The van der Waals surface area contributed by atoms with E-state index in [9.17, 15) is 4.79 Å². The van der Waals surface area contributed by atoms with E-state index in [0.29, 0.717) is 23.7 Å². The number of aromatic amines is 1. The summed E-state index contributed by atoms with van der Waals surface area (Å²) in [5.74, 6) is 1.45. The molecular weight excluding hydrogens is 372 g/mol. The molecule has 0 saturated carbocycles. The minimum atomic E-state index is -0.337. The summed E-state index contributed by atoms with van der Waals surface area (Å²) in [5, 5.41) is 3.16. The van der Waals surface area contributed by atoms with Crippen LogP contribution in [-0.4, -0.2) is 45.4 Å². The van der Waals surface area contributed by atoms with Crippen LogP contribution in [-0.2, 0) is 16.0 Å². The molecule has 0 unspecified atom stereocenters. The minimum absolute atomic E-state index is 0.149. The fourth-order valence-electron chi connectivity index (χ4n) is 4.19. The van der Waals surface area contributed by atoms with Crippen LogP contribution in [0, 0.1) is 0 Å². The molecule has 4 rings (SSSR count). The van der Waals surface area contributed by atoms with Crippen LogP contribution in [0.2, 0.25) is 0 Å². The lowest BCUT2D eigenvalue weighted by atomic mass is 9.90. The van der Waals surface area contributed by atoms with Gasteiger partial charge in [0.15, 0.2) is 23.6 Å². The zero-order valence-electron chi connectivity index (χ0n) is 16.9. The lowest BCUT2D eigenvalue weighted by Crippen LogP contribution is -2.94. The van der Waals surface area contributed by atoms with E-state index in [1.165, 1.54) is 7.11 Å². The Bertz CT molecular complexity index is 1030. The fraction of sp³-hybridized carbons (Fsp3) is 0.318. The number of para-hydroxylation sites is 1. The topological polar surface area (TPSA) is 86.4 Å². The third-order valence-electron chi connectivity index (χ3n) is 5.56. The lowest BCUT2D eigenvalue weighted by Gasteiger charge is -2.27. The summed E-state index contributed by atoms with van der Waals surface area (Å²) in [6, 6.07) is 11.5. The summed E-state index contributed by atoms with van der Waals surface area (Å²) >= 11 is 0. The van der Waals surface area contributed by atoms with Gasteiger partial charge in [0.05, 0.1) is 34.1 Å². The number of ether oxygens (including phenoxy) is 4. The first kappa shape index (κ1) is 19.1. The first-order valence-corrected chi connectivity index (χ1v) is 9.43. The van der Waals surface area contributed by atoms with Crippen LogP contribution in [0.1, 0.15) is 22.9 Å². The molecule has 0 fully saturated rings. The molecule has 0 amide bonds. The van der Waals surface area contributed by atoms with Crippen LogP contribution in [0.15, 0.2) is 36.4 Å². The Balaban J connectivity index is 1.90. The standard InChI is InChI=1S/C22H24N2O5/c1-26-17-9-12(10-18(27-2)21(17)28-3)19-20-14(11-16(24-19)22(25)29-4)13-7-5-6-8-15(13)23-20/h5-10,16,19,23-24H,11H2,1-4H3/p+1/t16-,19+/m1/s1. The molecule has 0 radical (unpaired) electrons. The minimum Gasteiger partial charge on any atom is -0.493 e. The highest BCUT2D eigenvalue weighted by molar-refractivity contribution is 5.86. The Kier molecular flexibility index (Phi) is 5.07. The summed E-state index contributed by atoms with van der Waals surface area (Å²) in [6.45, 7) is 0. The van der Waals surface area contributed by atoms with Gasteiger partial charge in [-0.3, -0.25) is 0 Å². The van der Waals surface area contributed by atoms with Crippen LogP contribution < -0.4 is 19.5 Å². The maximum Gasteiger partial charge on any atom is 0.364 e. The number of quaternary nitrogens is 1. The maximum atomic E-state index is 12.4. The molecule has 2 atom stereocenters. The number of aromatic nitrogens is 1. The molecule has 0 spiro atoms. The summed E-state index contributed by atoms with van der Waals surface area (Å²) < 4.78 is 21.6. The lowest BCUT2D eigenvalue weighted by molar-refractivity contribution is -0.712. The Hall–Kier alpha value is -3.19. The number of H-pyrrole nitrogens is 1. The zero-order chi connectivity index (χ0) is 20.5. The number of fused-ring (bicyclic) bond motifs is 3.